The molecular weight excluding hydrogens is 298 g/mol. The van der Waals surface area contributed by atoms with Gasteiger partial charge in [-0.15, -0.1) is 0 Å². The van der Waals surface area contributed by atoms with E-state index in [4.69, 9.17) is 0 Å². The van der Waals surface area contributed by atoms with Crippen molar-refractivity contribution in [2.24, 2.45) is 0 Å². The number of aryl methyl sites for hydroxylation is 1. The maximum atomic E-state index is 12.0. The summed E-state index contributed by atoms with van der Waals surface area (Å²) in [5, 5.41) is 0. The van der Waals surface area contributed by atoms with E-state index >= 15 is 0 Å². The third-order valence-electron chi connectivity index (χ3n) is 5.28. The summed E-state index contributed by atoms with van der Waals surface area (Å²) in [4.78, 5) is 19.1. The molecule has 0 amide bonds. The zero-order chi connectivity index (χ0) is 16.7. The van der Waals surface area contributed by atoms with Gasteiger partial charge >= 0.3 is 0 Å². The van der Waals surface area contributed by atoms with Gasteiger partial charge < -0.3 is 9.47 Å². The molecule has 0 spiro atoms. The van der Waals surface area contributed by atoms with Crippen LogP contribution in [0.1, 0.15) is 47.2 Å². The van der Waals surface area contributed by atoms with Crippen LogP contribution in [0.5, 0.6) is 0 Å². The summed E-state index contributed by atoms with van der Waals surface area (Å²) in [7, 11) is 2.18. The van der Waals surface area contributed by atoms with E-state index in [1.54, 1.807) is 13.1 Å². The largest absolute Gasteiger partial charge is 0.321 e. The number of imidazole rings is 1. The first kappa shape index (κ1) is 15.3. The first-order chi connectivity index (χ1) is 11.6. The van der Waals surface area contributed by atoms with Crippen LogP contribution in [0, 0.1) is 0 Å². The highest BCUT2D eigenvalue weighted by atomic mass is 16.1. The van der Waals surface area contributed by atoms with Crippen molar-refractivity contribution in [1.82, 2.24) is 14.5 Å². The van der Waals surface area contributed by atoms with Gasteiger partial charge in [-0.2, -0.15) is 0 Å². The van der Waals surface area contributed by atoms with Gasteiger partial charge in [0.25, 0.3) is 0 Å². The highest BCUT2D eigenvalue weighted by Crippen LogP contribution is 2.36. The van der Waals surface area contributed by atoms with E-state index in [1.165, 1.54) is 22.3 Å². The lowest BCUT2D eigenvalue weighted by Gasteiger charge is -2.26. The number of nitrogens with zero attached hydrogens (tertiary/aromatic N) is 3. The minimum atomic E-state index is 0.0902. The van der Waals surface area contributed by atoms with Crippen molar-refractivity contribution < 1.29 is 4.79 Å². The predicted molar refractivity (Wildman–Crippen MR) is 95.1 cm³/mol. The number of fused-ring (bicyclic) bond motifs is 2. The molecule has 2 aliphatic rings. The van der Waals surface area contributed by atoms with Gasteiger partial charge in [0.05, 0.1) is 6.20 Å². The Morgan fingerprint density at radius 3 is 2.58 bits per heavy atom. The minimum absolute atomic E-state index is 0.0902. The number of carbonyl (C=O) groups excluding carboxylic acids is 1. The Morgan fingerprint density at radius 1 is 1.08 bits per heavy atom. The number of Topliss-reactive ketones (excluding diaryl/α,β-unsaturated/α-hetero) is 1. The molecule has 1 saturated heterocycles. The van der Waals surface area contributed by atoms with E-state index in [0.29, 0.717) is 0 Å². The molecule has 2 aromatic rings. The number of likely N-dealkylation sites (tertiary alicyclic amines) is 1. The quantitative estimate of drug-likeness (QED) is 0.757. The van der Waals surface area contributed by atoms with Crippen LogP contribution in [0.3, 0.4) is 0 Å². The molecule has 24 heavy (non-hydrogen) atoms. The van der Waals surface area contributed by atoms with Crippen molar-refractivity contribution in [2.75, 3.05) is 20.1 Å². The van der Waals surface area contributed by atoms with Crippen molar-refractivity contribution in [3.05, 3.63) is 58.7 Å². The van der Waals surface area contributed by atoms with Gasteiger partial charge in [0.15, 0.2) is 5.78 Å². The SMILES string of the molecule is CC(=O)c1cnc2n1CCc1ccccc1C2=C1CCN(C)CC1. The normalized spacial score (nSPS) is 18.1. The second-order valence-corrected chi connectivity index (χ2v) is 6.86. The maximum absolute atomic E-state index is 12.0. The molecule has 1 aromatic heterocycles. The van der Waals surface area contributed by atoms with Crippen LogP contribution in [-0.2, 0) is 13.0 Å². The molecule has 3 heterocycles. The number of benzene rings is 1. The zero-order valence-electron chi connectivity index (χ0n) is 14.4. The minimum Gasteiger partial charge on any atom is -0.321 e. The molecule has 124 valence electrons. The van der Waals surface area contributed by atoms with E-state index in [-0.39, 0.29) is 5.78 Å². The van der Waals surface area contributed by atoms with Crippen molar-refractivity contribution in [1.29, 1.82) is 0 Å². The van der Waals surface area contributed by atoms with Crippen LogP contribution in [-0.4, -0.2) is 40.4 Å². The third kappa shape index (κ3) is 2.51. The summed E-state index contributed by atoms with van der Waals surface area (Å²) in [6.45, 7) is 4.62. The monoisotopic (exact) mass is 321 g/mol. The number of hydrogen-bond donors (Lipinski definition) is 0. The Labute approximate surface area is 142 Å². The molecule has 0 saturated carbocycles. The van der Waals surface area contributed by atoms with E-state index in [2.05, 4.69) is 45.8 Å². The fraction of sp³-hybridized carbons (Fsp3) is 0.400. The average molecular weight is 321 g/mol. The lowest BCUT2D eigenvalue weighted by Crippen LogP contribution is -2.27. The van der Waals surface area contributed by atoms with Gasteiger partial charge in [0.2, 0.25) is 0 Å². The summed E-state index contributed by atoms with van der Waals surface area (Å²) >= 11 is 0. The summed E-state index contributed by atoms with van der Waals surface area (Å²) in [5.74, 6) is 1.07. The number of hydrogen-bond acceptors (Lipinski definition) is 3. The van der Waals surface area contributed by atoms with E-state index in [9.17, 15) is 4.79 Å². The smallest absolute Gasteiger partial charge is 0.177 e. The lowest BCUT2D eigenvalue weighted by molar-refractivity contribution is 0.100. The van der Waals surface area contributed by atoms with Crippen molar-refractivity contribution in [3.8, 4) is 0 Å². The Morgan fingerprint density at radius 2 is 1.83 bits per heavy atom. The molecule has 0 bridgehead atoms. The van der Waals surface area contributed by atoms with Crippen LogP contribution < -0.4 is 0 Å². The van der Waals surface area contributed by atoms with Gasteiger partial charge in [0, 0.05) is 32.1 Å². The number of piperidine rings is 1. The summed E-state index contributed by atoms with van der Waals surface area (Å²) < 4.78 is 2.13. The van der Waals surface area contributed by atoms with E-state index in [0.717, 1.165) is 50.4 Å². The van der Waals surface area contributed by atoms with Gasteiger partial charge in [-0.1, -0.05) is 29.8 Å². The first-order valence-electron chi connectivity index (χ1n) is 8.71. The topological polar surface area (TPSA) is 38.1 Å². The molecule has 0 aliphatic carbocycles. The molecule has 4 nitrogen and oxygen atoms in total. The zero-order valence-corrected chi connectivity index (χ0v) is 14.4. The molecule has 1 aromatic carbocycles. The summed E-state index contributed by atoms with van der Waals surface area (Å²) in [5.41, 5.74) is 6.13. The first-order valence-corrected chi connectivity index (χ1v) is 8.71. The number of rotatable bonds is 1. The Balaban J connectivity index is 1.94. The molecule has 2 aliphatic heterocycles. The molecule has 0 radical (unpaired) electrons. The number of ketones is 1. The van der Waals surface area contributed by atoms with Crippen LogP contribution in [0.25, 0.3) is 5.57 Å². The molecule has 4 rings (SSSR count). The molecular formula is C20H23N3O. The third-order valence-corrected chi connectivity index (χ3v) is 5.28. The molecule has 1 fully saturated rings. The molecule has 0 atom stereocenters. The standard InChI is InChI=1S/C20H23N3O/c1-14(24)18-13-21-20-19(16-7-10-22(2)11-8-16)17-6-4-3-5-15(17)9-12-23(18)20/h3-6,13H,7-12H2,1-2H3. The highest BCUT2D eigenvalue weighted by molar-refractivity contribution is 5.93. The van der Waals surface area contributed by atoms with Crippen LogP contribution >= 0.6 is 0 Å². The summed E-state index contributed by atoms with van der Waals surface area (Å²) in [6, 6.07) is 8.65. The van der Waals surface area contributed by atoms with Crippen molar-refractivity contribution in [2.45, 2.75) is 32.7 Å². The number of aromatic nitrogens is 2. The van der Waals surface area contributed by atoms with Crippen LogP contribution in [0.15, 0.2) is 36.0 Å². The average Bonchev–Trinajstić information content (AvgIpc) is 2.93. The predicted octanol–water partition coefficient (Wildman–Crippen LogP) is 3.17. The van der Waals surface area contributed by atoms with Gasteiger partial charge in [-0.25, -0.2) is 4.98 Å². The van der Waals surface area contributed by atoms with Crippen LogP contribution in [0.4, 0.5) is 0 Å². The second kappa shape index (κ2) is 6.02. The van der Waals surface area contributed by atoms with Crippen molar-refractivity contribution in [3.63, 3.8) is 0 Å². The fourth-order valence-electron chi connectivity index (χ4n) is 3.90. The molecule has 0 unspecified atom stereocenters. The van der Waals surface area contributed by atoms with Gasteiger partial charge in [-0.3, -0.25) is 4.79 Å². The second-order valence-electron chi connectivity index (χ2n) is 6.86. The molecule has 0 N–H and O–H groups in total. The highest BCUT2D eigenvalue weighted by Gasteiger charge is 2.26. The van der Waals surface area contributed by atoms with E-state index < -0.39 is 0 Å². The van der Waals surface area contributed by atoms with E-state index in [1.807, 2.05) is 0 Å². The van der Waals surface area contributed by atoms with Gasteiger partial charge in [-0.05, 0) is 37.4 Å². The van der Waals surface area contributed by atoms with Gasteiger partial charge in [0.1, 0.15) is 11.5 Å². The summed E-state index contributed by atoms with van der Waals surface area (Å²) in [6.07, 6.45) is 4.84. The Hall–Kier alpha value is -2.20. The van der Waals surface area contributed by atoms with Crippen LogP contribution in [0.2, 0.25) is 0 Å². The Kier molecular flexibility index (Phi) is 3.85. The number of carbonyl (C=O) groups is 1. The fourth-order valence-corrected chi connectivity index (χ4v) is 3.90. The Bertz CT molecular complexity index is 821. The lowest BCUT2D eigenvalue weighted by atomic mass is 9.90. The maximum Gasteiger partial charge on any atom is 0.177 e. The van der Waals surface area contributed by atoms with Crippen molar-refractivity contribution >= 4 is 11.4 Å². The molecule has 4 heteroatoms.